The summed E-state index contributed by atoms with van der Waals surface area (Å²) in [6.45, 7) is 3.08. The molecule has 2 atom stereocenters. The molecule has 0 radical (unpaired) electrons. The van der Waals surface area contributed by atoms with Crippen LogP contribution < -0.4 is 16.4 Å². The lowest BCUT2D eigenvalue weighted by Gasteiger charge is -2.30. The molecule has 2 rings (SSSR count). The van der Waals surface area contributed by atoms with Crippen LogP contribution in [-0.2, 0) is 25.7 Å². The Balaban J connectivity index is 2.27. The molecule has 0 aliphatic carbocycles. The summed E-state index contributed by atoms with van der Waals surface area (Å²) in [4.78, 5) is 62.2. The Hall–Kier alpha value is -4.21. The van der Waals surface area contributed by atoms with E-state index in [4.69, 9.17) is 10.8 Å². The van der Waals surface area contributed by atoms with Crippen LogP contribution in [0.5, 0.6) is 0 Å². The Morgan fingerprint density at radius 2 is 1.71 bits per heavy atom. The summed E-state index contributed by atoms with van der Waals surface area (Å²) in [5, 5.41) is 14.0. The average Bonchev–Trinajstić information content (AvgIpc) is 2.81. The van der Waals surface area contributed by atoms with Gasteiger partial charge in [0.15, 0.2) is 0 Å². The lowest BCUT2D eigenvalue weighted by atomic mass is 10.0. The zero-order valence-corrected chi connectivity index (χ0v) is 19.6. The number of amides is 3. The molecule has 35 heavy (non-hydrogen) atoms. The van der Waals surface area contributed by atoms with E-state index < -0.39 is 48.7 Å². The Bertz CT molecular complexity index is 1060. The van der Waals surface area contributed by atoms with E-state index >= 15 is 0 Å². The molecule has 0 saturated carbocycles. The van der Waals surface area contributed by atoms with Gasteiger partial charge in [0.2, 0.25) is 11.8 Å². The van der Waals surface area contributed by atoms with Crippen molar-refractivity contribution in [2.45, 2.75) is 38.9 Å². The molecule has 2 aromatic rings. The highest BCUT2D eigenvalue weighted by molar-refractivity contribution is 5.98. The Morgan fingerprint density at radius 1 is 1.03 bits per heavy atom. The molecule has 3 amide bonds. The molecule has 0 spiro atoms. The van der Waals surface area contributed by atoms with Crippen molar-refractivity contribution in [1.82, 2.24) is 15.5 Å². The van der Waals surface area contributed by atoms with E-state index in [1.165, 1.54) is 4.90 Å². The third-order valence-corrected chi connectivity index (χ3v) is 5.13. The number of carboxylic acids is 1. The lowest BCUT2D eigenvalue weighted by molar-refractivity contribution is -0.141. The minimum atomic E-state index is -1.25. The van der Waals surface area contributed by atoms with Gasteiger partial charge in [-0.25, -0.2) is 0 Å². The number of carbonyl (C=O) groups is 5. The molecule has 5 N–H and O–H groups in total. The van der Waals surface area contributed by atoms with Gasteiger partial charge in [0, 0.05) is 17.8 Å². The van der Waals surface area contributed by atoms with Crippen LogP contribution in [0.3, 0.4) is 0 Å². The van der Waals surface area contributed by atoms with Gasteiger partial charge in [0.05, 0.1) is 19.0 Å². The third kappa shape index (κ3) is 8.58. The van der Waals surface area contributed by atoms with Crippen molar-refractivity contribution in [2.75, 3.05) is 12.3 Å². The standard InChI is InChI=1S/C25H30N4O6/c1-16(2)23(28-24(34)18-8-4-3-5-9-18)25(35)29(13-17-7-6-10-19(26)11-17)14-21(31)27-20(15-30)12-22(32)33/h3-11,15-16,20,23H,12-14,26H2,1-2H3,(H,27,31)(H,28,34)(H,32,33)/t20?,23-/m0/s1. The molecule has 0 heterocycles. The number of nitrogen functional groups attached to an aromatic ring is 1. The molecule has 0 saturated heterocycles. The third-order valence-electron chi connectivity index (χ3n) is 5.13. The highest BCUT2D eigenvalue weighted by atomic mass is 16.4. The summed E-state index contributed by atoms with van der Waals surface area (Å²) in [5.41, 5.74) is 7.35. The molecular formula is C25H30N4O6. The second-order valence-electron chi connectivity index (χ2n) is 8.41. The number of aldehydes is 1. The smallest absolute Gasteiger partial charge is 0.305 e. The molecule has 0 aliphatic heterocycles. The number of aliphatic carboxylic acids is 1. The summed E-state index contributed by atoms with van der Waals surface area (Å²) < 4.78 is 0. The number of carbonyl (C=O) groups excluding carboxylic acids is 4. The first-order valence-electron chi connectivity index (χ1n) is 11.1. The van der Waals surface area contributed by atoms with Gasteiger partial charge in [0.25, 0.3) is 5.91 Å². The van der Waals surface area contributed by atoms with Crippen molar-refractivity contribution in [3.8, 4) is 0 Å². The Labute approximate surface area is 203 Å². The number of anilines is 1. The first-order chi connectivity index (χ1) is 16.6. The van der Waals surface area contributed by atoms with Crippen LogP contribution in [0.15, 0.2) is 54.6 Å². The van der Waals surface area contributed by atoms with Crippen molar-refractivity contribution in [3.63, 3.8) is 0 Å². The fourth-order valence-electron chi connectivity index (χ4n) is 3.40. The quantitative estimate of drug-likeness (QED) is 0.261. The number of hydrogen-bond donors (Lipinski definition) is 4. The fraction of sp³-hybridized carbons (Fsp3) is 0.320. The average molecular weight is 483 g/mol. The minimum absolute atomic E-state index is 0.00636. The van der Waals surface area contributed by atoms with E-state index in [-0.39, 0.29) is 12.5 Å². The topological polar surface area (TPSA) is 159 Å². The van der Waals surface area contributed by atoms with Crippen LogP contribution in [0.25, 0.3) is 0 Å². The maximum Gasteiger partial charge on any atom is 0.305 e. The highest BCUT2D eigenvalue weighted by Gasteiger charge is 2.30. The fourth-order valence-corrected chi connectivity index (χ4v) is 3.40. The summed E-state index contributed by atoms with van der Waals surface area (Å²) in [6.07, 6.45) is -0.257. The van der Waals surface area contributed by atoms with Crippen LogP contribution >= 0.6 is 0 Å². The molecule has 0 bridgehead atoms. The van der Waals surface area contributed by atoms with Gasteiger partial charge in [-0.05, 0) is 35.7 Å². The number of hydrogen-bond acceptors (Lipinski definition) is 6. The van der Waals surface area contributed by atoms with E-state index in [9.17, 15) is 24.0 Å². The van der Waals surface area contributed by atoms with Crippen LogP contribution in [0.1, 0.15) is 36.2 Å². The number of nitrogens with two attached hydrogens (primary N) is 1. The van der Waals surface area contributed by atoms with Gasteiger partial charge >= 0.3 is 5.97 Å². The normalized spacial score (nSPS) is 12.3. The zero-order chi connectivity index (χ0) is 26.0. The summed E-state index contributed by atoms with van der Waals surface area (Å²) >= 11 is 0. The molecule has 1 unspecified atom stereocenters. The lowest BCUT2D eigenvalue weighted by Crippen LogP contribution is -2.53. The summed E-state index contributed by atoms with van der Waals surface area (Å²) in [6, 6.07) is 13.0. The van der Waals surface area contributed by atoms with Crippen molar-refractivity contribution >= 4 is 35.7 Å². The van der Waals surface area contributed by atoms with Crippen molar-refractivity contribution < 1.29 is 29.1 Å². The largest absolute Gasteiger partial charge is 0.481 e. The SMILES string of the molecule is CC(C)[C@H](NC(=O)c1ccccc1)C(=O)N(CC(=O)NC(C=O)CC(=O)O)Cc1cccc(N)c1. The van der Waals surface area contributed by atoms with Gasteiger partial charge in [-0.3, -0.25) is 19.2 Å². The zero-order valence-electron chi connectivity index (χ0n) is 19.6. The van der Waals surface area contributed by atoms with Crippen molar-refractivity contribution in [2.24, 2.45) is 5.92 Å². The summed E-state index contributed by atoms with van der Waals surface area (Å²) in [5.74, 6) is -3.22. The number of nitrogens with one attached hydrogen (secondary N) is 2. The molecule has 0 aromatic heterocycles. The molecule has 0 fully saturated rings. The van der Waals surface area contributed by atoms with E-state index in [2.05, 4.69) is 10.6 Å². The molecule has 186 valence electrons. The van der Waals surface area contributed by atoms with Gasteiger partial charge in [-0.1, -0.05) is 44.2 Å². The maximum atomic E-state index is 13.5. The van der Waals surface area contributed by atoms with E-state index in [1.54, 1.807) is 68.4 Å². The predicted octanol–water partition coefficient (Wildman–Crippen LogP) is 1.21. The predicted molar refractivity (Wildman–Crippen MR) is 129 cm³/mol. The van der Waals surface area contributed by atoms with Crippen molar-refractivity contribution in [1.29, 1.82) is 0 Å². The first kappa shape index (κ1) is 27.0. The second-order valence-corrected chi connectivity index (χ2v) is 8.41. The van der Waals surface area contributed by atoms with Gasteiger partial charge in [-0.2, -0.15) is 0 Å². The minimum Gasteiger partial charge on any atom is -0.481 e. The van der Waals surface area contributed by atoms with Crippen molar-refractivity contribution in [3.05, 3.63) is 65.7 Å². The maximum absolute atomic E-state index is 13.5. The summed E-state index contributed by atoms with van der Waals surface area (Å²) in [7, 11) is 0. The molecule has 10 nitrogen and oxygen atoms in total. The van der Waals surface area contributed by atoms with E-state index in [1.807, 2.05) is 0 Å². The molecule has 10 heteroatoms. The number of benzene rings is 2. The van der Waals surface area contributed by atoms with Gasteiger partial charge in [0.1, 0.15) is 12.3 Å². The second kappa shape index (κ2) is 12.9. The monoisotopic (exact) mass is 482 g/mol. The van der Waals surface area contributed by atoms with E-state index in [0.29, 0.717) is 23.1 Å². The van der Waals surface area contributed by atoms with Gasteiger partial charge in [-0.15, -0.1) is 0 Å². The Morgan fingerprint density at radius 3 is 2.29 bits per heavy atom. The Kier molecular flexibility index (Phi) is 9.95. The van der Waals surface area contributed by atoms with Crippen LogP contribution in [-0.4, -0.2) is 58.6 Å². The molecule has 0 aliphatic rings. The highest BCUT2D eigenvalue weighted by Crippen LogP contribution is 2.14. The molecule has 2 aromatic carbocycles. The van der Waals surface area contributed by atoms with E-state index in [0.717, 1.165) is 0 Å². The number of carboxylic acid groups (broad SMARTS) is 1. The number of rotatable bonds is 12. The first-order valence-corrected chi connectivity index (χ1v) is 11.1. The van der Waals surface area contributed by atoms with Crippen LogP contribution in [0, 0.1) is 5.92 Å². The van der Waals surface area contributed by atoms with Crippen LogP contribution in [0.4, 0.5) is 5.69 Å². The number of nitrogens with zero attached hydrogens (tertiary/aromatic N) is 1. The molecular weight excluding hydrogens is 452 g/mol. The van der Waals surface area contributed by atoms with Crippen LogP contribution in [0.2, 0.25) is 0 Å². The van der Waals surface area contributed by atoms with Gasteiger partial charge < -0.3 is 31.2 Å².